The first-order valence-corrected chi connectivity index (χ1v) is 10.1. The number of hydrogen-bond donors (Lipinski definition) is 3. The number of allylic oxidation sites excluding steroid dienone is 1. The van der Waals surface area contributed by atoms with Gasteiger partial charge in [0.15, 0.2) is 0 Å². The molecule has 4 aliphatic heterocycles. The standard InChI is InChI=1S/C21H13Cl3N6/c22-17-3-13(4-18(23)19(17)24)30-9-15-12(5-25)7-28-21(16(15)10-30)29-20-14-8-26-6-11(14)1-2-27-20/h1-4,6-9,27-29H,10H2. The van der Waals surface area contributed by atoms with Gasteiger partial charge in [0, 0.05) is 59.0 Å². The van der Waals surface area contributed by atoms with Gasteiger partial charge in [0.1, 0.15) is 17.7 Å². The van der Waals surface area contributed by atoms with E-state index >= 15 is 0 Å². The fourth-order valence-corrected chi connectivity index (χ4v) is 4.15. The molecule has 0 atom stereocenters. The van der Waals surface area contributed by atoms with Crippen molar-refractivity contribution in [1.29, 1.82) is 5.26 Å². The Hall–Kier alpha value is -3.11. The van der Waals surface area contributed by atoms with Crippen molar-refractivity contribution in [2.45, 2.75) is 0 Å². The average molecular weight is 456 g/mol. The topological polar surface area (TPSA) is 79.8 Å². The van der Waals surface area contributed by atoms with Crippen molar-refractivity contribution in [2.24, 2.45) is 0 Å². The van der Waals surface area contributed by atoms with Crippen molar-refractivity contribution in [1.82, 2.24) is 15.3 Å². The maximum atomic E-state index is 9.57. The molecule has 0 fully saturated rings. The lowest BCUT2D eigenvalue weighted by Crippen LogP contribution is -2.24. The van der Waals surface area contributed by atoms with E-state index in [0.717, 1.165) is 39.6 Å². The number of halogens is 3. The molecule has 3 N–H and O–H groups in total. The summed E-state index contributed by atoms with van der Waals surface area (Å²) in [4.78, 5) is 9.41. The molecule has 0 saturated heterocycles. The van der Waals surface area contributed by atoms with Crippen LogP contribution < -0.4 is 15.5 Å². The van der Waals surface area contributed by atoms with Crippen molar-refractivity contribution in [3.63, 3.8) is 0 Å². The second kappa shape index (κ2) is 7.29. The van der Waals surface area contributed by atoms with Gasteiger partial charge in [-0.1, -0.05) is 34.8 Å². The number of aromatic nitrogens is 2. The molecule has 0 bridgehead atoms. The predicted molar refractivity (Wildman–Crippen MR) is 120 cm³/mol. The monoisotopic (exact) mass is 454 g/mol. The van der Waals surface area contributed by atoms with Crippen LogP contribution in [0.3, 0.4) is 0 Å². The van der Waals surface area contributed by atoms with Gasteiger partial charge in [-0.2, -0.15) is 5.26 Å². The summed E-state index contributed by atoms with van der Waals surface area (Å²) in [5.41, 5.74) is 5.10. The number of rotatable bonds is 3. The zero-order valence-electron chi connectivity index (χ0n) is 15.3. The van der Waals surface area contributed by atoms with E-state index in [1.165, 1.54) is 0 Å². The van der Waals surface area contributed by atoms with Crippen LogP contribution in [0, 0.1) is 11.3 Å². The van der Waals surface area contributed by atoms with Crippen LogP contribution in [-0.2, 0) is 0 Å². The Morgan fingerprint density at radius 2 is 1.97 bits per heavy atom. The number of hydrogen-bond acceptors (Lipinski definition) is 5. The summed E-state index contributed by atoms with van der Waals surface area (Å²) in [6.45, 7) is 0.521. The van der Waals surface area contributed by atoms with Gasteiger partial charge in [0.25, 0.3) is 0 Å². The van der Waals surface area contributed by atoms with E-state index in [1.807, 2.05) is 29.6 Å². The summed E-state index contributed by atoms with van der Waals surface area (Å²) in [6.07, 6.45) is 9.06. The largest absolute Gasteiger partial charge is 0.348 e. The van der Waals surface area contributed by atoms with E-state index in [4.69, 9.17) is 34.8 Å². The Labute approximate surface area is 187 Å². The highest BCUT2D eigenvalue weighted by molar-refractivity contribution is 6.48. The molecular formula is C21H13Cl3N6. The molecule has 30 heavy (non-hydrogen) atoms. The minimum absolute atomic E-state index is 0.319. The number of pyridine rings is 1. The lowest BCUT2D eigenvalue weighted by atomic mass is 10.00. The van der Waals surface area contributed by atoms with Crippen molar-refractivity contribution in [3.05, 3.63) is 86.8 Å². The Bertz CT molecular complexity index is 1260. The molecular weight excluding hydrogens is 443 g/mol. The van der Waals surface area contributed by atoms with E-state index in [0.29, 0.717) is 27.2 Å². The maximum Gasteiger partial charge on any atom is 0.118 e. The van der Waals surface area contributed by atoms with Crippen molar-refractivity contribution in [3.8, 4) is 17.2 Å². The zero-order valence-corrected chi connectivity index (χ0v) is 17.6. The van der Waals surface area contributed by atoms with Gasteiger partial charge in [-0.25, -0.2) is 0 Å². The lowest BCUT2D eigenvalue weighted by Gasteiger charge is -2.22. The van der Waals surface area contributed by atoms with Crippen LogP contribution >= 0.6 is 34.8 Å². The van der Waals surface area contributed by atoms with Crippen LogP contribution in [0.4, 0.5) is 11.5 Å². The molecule has 9 heteroatoms. The van der Waals surface area contributed by atoms with Crippen LogP contribution in [-0.4, -0.2) is 16.5 Å². The third kappa shape index (κ3) is 3.08. The van der Waals surface area contributed by atoms with E-state index in [9.17, 15) is 5.26 Å². The number of nitrogens with one attached hydrogen (secondary N) is 3. The van der Waals surface area contributed by atoms with Crippen molar-refractivity contribution in [2.75, 3.05) is 16.8 Å². The molecule has 0 radical (unpaired) electrons. The fourth-order valence-electron chi connectivity index (χ4n) is 3.57. The second-order valence-electron chi connectivity index (χ2n) is 6.82. The van der Waals surface area contributed by atoms with Crippen molar-refractivity contribution < 1.29 is 0 Å². The van der Waals surface area contributed by atoms with Gasteiger partial charge < -0.3 is 20.5 Å². The molecule has 0 aromatic heterocycles. The van der Waals surface area contributed by atoms with Crippen LogP contribution in [0.2, 0.25) is 15.1 Å². The highest BCUT2D eigenvalue weighted by atomic mass is 35.5. The van der Waals surface area contributed by atoms with Crippen molar-refractivity contribution >= 4 is 46.3 Å². The predicted octanol–water partition coefficient (Wildman–Crippen LogP) is 5.51. The average Bonchev–Trinajstić information content (AvgIpc) is 3.40. The first-order chi connectivity index (χ1) is 14.5. The number of dihydropyridines is 1. The molecule has 4 aliphatic rings. The summed E-state index contributed by atoms with van der Waals surface area (Å²) >= 11 is 18.5. The van der Waals surface area contributed by atoms with Gasteiger partial charge in [-0.05, 0) is 18.2 Å². The third-order valence-electron chi connectivity index (χ3n) is 5.05. The summed E-state index contributed by atoms with van der Waals surface area (Å²) in [5, 5.41) is 17.3. The van der Waals surface area contributed by atoms with E-state index in [-0.39, 0.29) is 0 Å². The molecule has 0 saturated carbocycles. The van der Waals surface area contributed by atoms with Gasteiger partial charge in [-0.3, -0.25) is 4.98 Å². The molecule has 0 amide bonds. The second-order valence-corrected chi connectivity index (χ2v) is 8.01. The normalized spacial score (nSPS) is 15.5. The van der Waals surface area contributed by atoms with Gasteiger partial charge in [0.2, 0.25) is 0 Å². The number of H-pyrrole nitrogens is 1. The molecule has 5 rings (SSSR count). The summed E-state index contributed by atoms with van der Waals surface area (Å²) in [7, 11) is 0. The fraction of sp³-hybridized carbons (Fsp3) is 0.0476. The summed E-state index contributed by atoms with van der Waals surface area (Å²) < 4.78 is 0. The first kappa shape index (κ1) is 18.9. The minimum Gasteiger partial charge on any atom is -0.348 e. The minimum atomic E-state index is 0.319. The van der Waals surface area contributed by atoms with Gasteiger partial charge in [0.05, 0.1) is 27.2 Å². The number of nitrogens with zero attached hydrogens (tertiary/aromatic N) is 3. The van der Waals surface area contributed by atoms with E-state index < -0.39 is 0 Å². The third-order valence-corrected chi connectivity index (χ3v) is 6.25. The summed E-state index contributed by atoms with van der Waals surface area (Å²) in [6, 6.07) is 7.71. The zero-order chi connectivity index (χ0) is 20.8. The lowest BCUT2D eigenvalue weighted by molar-refractivity contribution is 0.969. The molecule has 0 unspecified atom stereocenters. The Morgan fingerprint density at radius 3 is 2.73 bits per heavy atom. The smallest absolute Gasteiger partial charge is 0.118 e. The van der Waals surface area contributed by atoms with Crippen LogP contribution in [0.5, 0.6) is 0 Å². The Kier molecular flexibility index (Phi) is 4.59. The SMILES string of the molecule is N#CC1=CNC(Nc2[nH]ccc3cncc2-3)=C2CN(c3cc(Cl)c(Cl)c(Cl)c3)C=C12. The maximum absolute atomic E-state index is 9.57. The molecule has 0 aliphatic carbocycles. The molecule has 1 aromatic rings. The van der Waals surface area contributed by atoms with Crippen LogP contribution in [0.15, 0.2) is 71.7 Å². The number of fused-ring (bicyclic) bond motifs is 2. The van der Waals surface area contributed by atoms with Gasteiger partial charge >= 0.3 is 0 Å². The molecule has 4 heterocycles. The molecule has 6 nitrogen and oxygen atoms in total. The number of aromatic amines is 1. The van der Waals surface area contributed by atoms with Crippen LogP contribution in [0.25, 0.3) is 11.1 Å². The van der Waals surface area contributed by atoms with E-state index in [2.05, 4.69) is 26.7 Å². The number of anilines is 2. The number of nitriles is 1. The molecule has 148 valence electrons. The molecule has 1 aromatic carbocycles. The molecule has 0 spiro atoms. The first-order valence-electron chi connectivity index (χ1n) is 8.97. The summed E-state index contributed by atoms with van der Waals surface area (Å²) in [5.74, 6) is 1.59. The Balaban J connectivity index is 1.54. The Morgan fingerprint density at radius 1 is 1.17 bits per heavy atom. The highest BCUT2D eigenvalue weighted by Crippen LogP contribution is 2.39. The quantitative estimate of drug-likeness (QED) is 0.454. The highest BCUT2D eigenvalue weighted by Gasteiger charge is 2.29. The number of benzene rings is 1. The van der Waals surface area contributed by atoms with Gasteiger partial charge in [-0.15, -0.1) is 0 Å². The van der Waals surface area contributed by atoms with E-state index in [1.54, 1.807) is 24.5 Å². The van der Waals surface area contributed by atoms with Crippen LogP contribution in [0.1, 0.15) is 0 Å².